The van der Waals surface area contributed by atoms with E-state index in [2.05, 4.69) is 41.0 Å². The van der Waals surface area contributed by atoms with E-state index in [1.807, 2.05) is 0 Å². The third-order valence-corrected chi connectivity index (χ3v) is 4.99. The van der Waals surface area contributed by atoms with E-state index in [-0.39, 0.29) is 5.91 Å². The number of likely N-dealkylation sites (tertiary alicyclic amines) is 1. The molecule has 0 radical (unpaired) electrons. The zero-order chi connectivity index (χ0) is 14.7. The molecule has 4 heterocycles. The maximum atomic E-state index is 12.0. The second-order valence-corrected chi connectivity index (χ2v) is 6.71. The Balaban J connectivity index is 1.75. The molecule has 0 spiro atoms. The van der Waals surface area contributed by atoms with Crippen LogP contribution in [0.1, 0.15) is 47.9 Å². The van der Waals surface area contributed by atoms with Gasteiger partial charge in [0.2, 0.25) is 5.95 Å². The molecular weight excluding hydrogens is 266 g/mol. The molecule has 0 saturated carbocycles. The summed E-state index contributed by atoms with van der Waals surface area (Å²) in [6, 6.07) is 1.09. The van der Waals surface area contributed by atoms with Crippen molar-refractivity contribution in [3.8, 4) is 0 Å². The third-order valence-electron chi connectivity index (χ3n) is 4.99. The smallest absolute Gasteiger partial charge is 0.270 e. The molecule has 2 bridgehead atoms. The lowest BCUT2D eigenvalue weighted by molar-refractivity contribution is 0.0961. The quantitative estimate of drug-likeness (QED) is 0.869. The van der Waals surface area contributed by atoms with E-state index in [1.165, 1.54) is 6.42 Å². The minimum Gasteiger partial charge on any atom is -0.346 e. The Morgan fingerprint density at radius 1 is 1.24 bits per heavy atom. The van der Waals surface area contributed by atoms with Crippen molar-refractivity contribution in [2.45, 2.75) is 44.8 Å². The van der Waals surface area contributed by atoms with Crippen LogP contribution in [-0.4, -0.2) is 53.0 Å². The Bertz CT molecular complexity index is 612. The van der Waals surface area contributed by atoms with Gasteiger partial charge in [0.25, 0.3) is 5.91 Å². The predicted octanol–water partition coefficient (Wildman–Crippen LogP) is 0.736. The van der Waals surface area contributed by atoms with Crippen LogP contribution in [0.5, 0.6) is 0 Å². The van der Waals surface area contributed by atoms with Crippen molar-refractivity contribution >= 4 is 11.9 Å². The number of nitrogens with one attached hydrogen (secondary N) is 1. The fourth-order valence-electron chi connectivity index (χ4n) is 3.82. The van der Waals surface area contributed by atoms with Gasteiger partial charge < -0.3 is 10.2 Å². The Hall–Kier alpha value is -1.69. The molecule has 2 saturated heterocycles. The van der Waals surface area contributed by atoms with E-state index < -0.39 is 0 Å². The summed E-state index contributed by atoms with van der Waals surface area (Å²) in [6.45, 7) is 6.85. The number of rotatable bonds is 2. The third kappa shape index (κ3) is 1.85. The summed E-state index contributed by atoms with van der Waals surface area (Å²) >= 11 is 0. The summed E-state index contributed by atoms with van der Waals surface area (Å²) in [5.41, 5.74) is 2.59. The van der Waals surface area contributed by atoms with Crippen molar-refractivity contribution in [1.82, 2.24) is 20.2 Å². The lowest BCUT2D eigenvalue weighted by atomic mass is 10.0. The zero-order valence-electron chi connectivity index (χ0n) is 12.8. The molecule has 2 fully saturated rings. The topological polar surface area (TPSA) is 61.4 Å². The number of amides is 1. The molecule has 21 heavy (non-hydrogen) atoms. The van der Waals surface area contributed by atoms with Crippen LogP contribution in [0.4, 0.5) is 5.95 Å². The molecule has 4 rings (SSSR count). The van der Waals surface area contributed by atoms with E-state index in [4.69, 9.17) is 4.98 Å². The summed E-state index contributed by atoms with van der Waals surface area (Å²) < 4.78 is 0. The van der Waals surface area contributed by atoms with Crippen molar-refractivity contribution in [2.75, 3.05) is 25.0 Å². The van der Waals surface area contributed by atoms with E-state index in [0.29, 0.717) is 30.2 Å². The molecule has 2 unspecified atom stereocenters. The fraction of sp³-hybridized carbons (Fsp3) is 0.667. The number of piperazine rings is 1. The van der Waals surface area contributed by atoms with Crippen LogP contribution in [0.25, 0.3) is 0 Å². The number of anilines is 1. The second-order valence-electron chi connectivity index (χ2n) is 6.71. The van der Waals surface area contributed by atoms with Crippen molar-refractivity contribution in [1.29, 1.82) is 0 Å². The van der Waals surface area contributed by atoms with Crippen LogP contribution < -0.4 is 10.2 Å². The van der Waals surface area contributed by atoms with Gasteiger partial charge >= 0.3 is 0 Å². The number of aromatic nitrogens is 2. The van der Waals surface area contributed by atoms with E-state index in [1.54, 1.807) is 0 Å². The predicted molar refractivity (Wildman–Crippen MR) is 79.5 cm³/mol. The van der Waals surface area contributed by atoms with Gasteiger partial charge in [-0.1, -0.05) is 13.8 Å². The first kappa shape index (κ1) is 13.0. The lowest BCUT2D eigenvalue weighted by Crippen LogP contribution is -2.45. The number of nitrogens with zero attached hydrogens (tertiary/aromatic N) is 4. The van der Waals surface area contributed by atoms with Crippen molar-refractivity contribution < 1.29 is 4.79 Å². The molecule has 6 nitrogen and oxygen atoms in total. The lowest BCUT2D eigenvalue weighted by Gasteiger charge is -2.32. The molecule has 3 aliphatic heterocycles. The number of carbonyl (C=O) groups is 1. The van der Waals surface area contributed by atoms with Gasteiger partial charge in [-0.15, -0.1) is 0 Å². The monoisotopic (exact) mass is 287 g/mol. The highest BCUT2D eigenvalue weighted by atomic mass is 16.2. The highest BCUT2D eigenvalue weighted by Crippen LogP contribution is 2.34. The molecule has 6 heteroatoms. The summed E-state index contributed by atoms with van der Waals surface area (Å²) in [7, 11) is 2.18. The summed E-state index contributed by atoms with van der Waals surface area (Å²) in [6.07, 6.45) is 1.18. The van der Waals surface area contributed by atoms with Gasteiger partial charge in [-0.2, -0.15) is 0 Å². The van der Waals surface area contributed by atoms with Gasteiger partial charge in [-0.25, -0.2) is 9.97 Å². The largest absolute Gasteiger partial charge is 0.346 e. The van der Waals surface area contributed by atoms with Gasteiger partial charge in [0.05, 0.1) is 5.69 Å². The Morgan fingerprint density at radius 3 is 2.67 bits per heavy atom. The number of fused-ring (bicyclic) bond motifs is 3. The van der Waals surface area contributed by atoms with Crippen LogP contribution in [0.15, 0.2) is 0 Å². The van der Waals surface area contributed by atoms with E-state index in [0.717, 1.165) is 30.3 Å². The second kappa shape index (κ2) is 4.40. The number of likely N-dealkylation sites (N-methyl/N-ethyl adjacent to an activating group) is 1. The first-order valence-electron chi connectivity index (χ1n) is 7.70. The van der Waals surface area contributed by atoms with Crippen LogP contribution in [0, 0.1) is 0 Å². The molecular formula is C15H21N5O. The van der Waals surface area contributed by atoms with Gasteiger partial charge in [0.1, 0.15) is 5.69 Å². The molecule has 3 aliphatic rings. The first-order chi connectivity index (χ1) is 10.0. The van der Waals surface area contributed by atoms with Crippen molar-refractivity contribution in [3.63, 3.8) is 0 Å². The van der Waals surface area contributed by atoms with Crippen LogP contribution in [0.2, 0.25) is 0 Å². The zero-order valence-corrected chi connectivity index (χ0v) is 12.8. The van der Waals surface area contributed by atoms with Gasteiger partial charge in [-0.05, 0) is 19.4 Å². The standard InChI is InChI=1S/C15H21N5O/c1-8(2)12-11-5-16-14(21)13(11)18-15(17-12)20-7-9-4-10(20)6-19(9)3/h8-10H,4-7H2,1-3H3,(H,16,21). The van der Waals surface area contributed by atoms with Gasteiger partial charge in [-0.3, -0.25) is 9.69 Å². The summed E-state index contributed by atoms with van der Waals surface area (Å²) in [5.74, 6) is 0.989. The normalized spacial score (nSPS) is 27.6. The van der Waals surface area contributed by atoms with Crippen molar-refractivity contribution in [3.05, 3.63) is 17.0 Å². The number of hydrogen-bond acceptors (Lipinski definition) is 5. The highest BCUT2D eigenvalue weighted by molar-refractivity contribution is 5.97. The van der Waals surface area contributed by atoms with Crippen LogP contribution in [0.3, 0.4) is 0 Å². The maximum Gasteiger partial charge on any atom is 0.270 e. The fourth-order valence-corrected chi connectivity index (χ4v) is 3.82. The average Bonchev–Trinajstić information content (AvgIpc) is 3.12. The summed E-state index contributed by atoms with van der Waals surface area (Å²) in [5, 5.41) is 2.87. The minimum absolute atomic E-state index is 0.0583. The Labute approximate surface area is 124 Å². The molecule has 1 N–H and O–H groups in total. The van der Waals surface area contributed by atoms with Crippen molar-refractivity contribution in [2.24, 2.45) is 0 Å². The van der Waals surface area contributed by atoms with E-state index >= 15 is 0 Å². The van der Waals surface area contributed by atoms with E-state index in [9.17, 15) is 4.79 Å². The molecule has 1 aromatic rings. The maximum absolute atomic E-state index is 12.0. The van der Waals surface area contributed by atoms with Gasteiger partial charge in [0, 0.05) is 37.3 Å². The Kier molecular flexibility index (Phi) is 2.73. The average molecular weight is 287 g/mol. The first-order valence-corrected chi connectivity index (χ1v) is 7.70. The highest BCUT2D eigenvalue weighted by Gasteiger charge is 2.43. The van der Waals surface area contributed by atoms with Crippen LogP contribution >= 0.6 is 0 Å². The molecule has 1 aromatic heterocycles. The molecule has 112 valence electrons. The Morgan fingerprint density at radius 2 is 2.05 bits per heavy atom. The summed E-state index contributed by atoms with van der Waals surface area (Å²) in [4.78, 5) is 26.1. The number of carbonyl (C=O) groups excluding carboxylic acids is 1. The number of hydrogen-bond donors (Lipinski definition) is 1. The molecule has 0 aliphatic carbocycles. The molecule has 1 amide bonds. The molecule has 0 aromatic carbocycles. The SMILES string of the molecule is CC(C)c1nc(N2CC3CC2CN3C)nc2c1CNC2=O. The van der Waals surface area contributed by atoms with Gasteiger partial charge in [0.15, 0.2) is 0 Å². The minimum atomic E-state index is -0.0583. The molecule has 2 atom stereocenters. The van der Waals surface area contributed by atoms with Crippen LogP contribution in [-0.2, 0) is 6.54 Å².